The molecule has 0 saturated heterocycles. The Hall–Kier alpha value is -2.62. The van der Waals surface area contributed by atoms with Crippen molar-refractivity contribution < 1.29 is 5.11 Å². The van der Waals surface area contributed by atoms with Gasteiger partial charge in [-0.15, -0.1) is 5.10 Å². The SMILES string of the molecule is Oc1nn2ccccc2c1/N=c1\ccc2cc-2c1. The molecule has 0 atom stereocenters. The van der Waals surface area contributed by atoms with E-state index in [0.717, 1.165) is 10.9 Å². The van der Waals surface area contributed by atoms with Gasteiger partial charge in [0.15, 0.2) is 5.69 Å². The third kappa shape index (κ3) is 1.32. The number of aromatic hydroxyl groups is 1. The lowest BCUT2D eigenvalue weighted by Gasteiger charge is -1.92. The van der Waals surface area contributed by atoms with Crippen molar-refractivity contribution in [1.82, 2.24) is 9.61 Å². The molecule has 0 amide bonds. The zero-order valence-corrected chi connectivity index (χ0v) is 9.41. The van der Waals surface area contributed by atoms with E-state index >= 15 is 0 Å². The second kappa shape index (κ2) is 3.20. The summed E-state index contributed by atoms with van der Waals surface area (Å²) in [7, 11) is 0. The van der Waals surface area contributed by atoms with Gasteiger partial charge in [0.2, 0.25) is 0 Å². The molecule has 4 rings (SSSR count). The van der Waals surface area contributed by atoms with Crippen molar-refractivity contribution in [1.29, 1.82) is 0 Å². The predicted octanol–water partition coefficient (Wildman–Crippen LogP) is 2.25. The number of nitrogens with zero attached hydrogens (tertiary/aromatic N) is 3. The van der Waals surface area contributed by atoms with Crippen LogP contribution in [0.2, 0.25) is 0 Å². The third-order valence-electron chi connectivity index (χ3n) is 3.04. The van der Waals surface area contributed by atoms with E-state index in [1.807, 2.05) is 36.4 Å². The van der Waals surface area contributed by atoms with Gasteiger partial charge in [0.25, 0.3) is 5.88 Å². The highest BCUT2D eigenvalue weighted by molar-refractivity contribution is 5.79. The lowest BCUT2D eigenvalue weighted by atomic mass is 10.3. The van der Waals surface area contributed by atoms with Crippen molar-refractivity contribution in [3.8, 4) is 17.0 Å². The van der Waals surface area contributed by atoms with Crippen LogP contribution in [-0.4, -0.2) is 14.7 Å². The number of hydrogen-bond donors (Lipinski definition) is 1. The number of hydrogen-bond acceptors (Lipinski definition) is 3. The van der Waals surface area contributed by atoms with Crippen LogP contribution in [0.15, 0.2) is 53.7 Å². The second-order valence-corrected chi connectivity index (χ2v) is 4.27. The van der Waals surface area contributed by atoms with E-state index < -0.39 is 0 Å². The van der Waals surface area contributed by atoms with E-state index in [0.29, 0.717) is 5.69 Å². The molecule has 0 fully saturated rings. The molecule has 1 N–H and O–H groups in total. The molecule has 0 bridgehead atoms. The summed E-state index contributed by atoms with van der Waals surface area (Å²) in [6, 6.07) is 13.7. The Bertz CT molecular complexity index is 849. The molecule has 2 aliphatic carbocycles. The van der Waals surface area contributed by atoms with Gasteiger partial charge < -0.3 is 5.11 Å². The van der Waals surface area contributed by atoms with Gasteiger partial charge in [0.05, 0.1) is 10.9 Å². The molecule has 2 aromatic heterocycles. The van der Waals surface area contributed by atoms with E-state index in [4.69, 9.17) is 0 Å². The minimum absolute atomic E-state index is 0.0462. The van der Waals surface area contributed by atoms with Crippen molar-refractivity contribution in [2.45, 2.75) is 0 Å². The van der Waals surface area contributed by atoms with Crippen LogP contribution in [0.3, 0.4) is 0 Å². The molecule has 4 heteroatoms. The van der Waals surface area contributed by atoms with Crippen molar-refractivity contribution in [3.05, 3.63) is 54.0 Å². The number of fused-ring (bicyclic) bond motifs is 2. The summed E-state index contributed by atoms with van der Waals surface area (Å²) in [6.07, 6.45) is 1.79. The Labute approximate surface area is 102 Å². The smallest absolute Gasteiger partial charge is 0.257 e. The first kappa shape index (κ1) is 9.41. The summed E-state index contributed by atoms with van der Waals surface area (Å²) in [4.78, 5) is 4.47. The number of rotatable bonds is 1. The first-order valence-electron chi connectivity index (χ1n) is 5.68. The molecule has 18 heavy (non-hydrogen) atoms. The average molecular weight is 235 g/mol. The van der Waals surface area contributed by atoms with Crippen LogP contribution in [0.1, 0.15) is 0 Å². The second-order valence-electron chi connectivity index (χ2n) is 4.27. The lowest BCUT2D eigenvalue weighted by molar-refractivity contribution is 0.450. The highest BCUT2D eigenvalue weighted by Crippen LogP contribution is 2.32. The summed E-state index contributed by atoms with van der Waals surface area (Å²) >= 11 is 0. The Kier molecular flexibility index (Phi) is 1.67. The minimum atomic E-state index is -0.0462. The Morgan fingerprint density at radius 3 is 2.89 bits per heavy atom. The summed E-state index contributed by atoms with van der Waals surface area (Å²) in [5.41, 5.74) is 3.78. The predicted molar refractivity (Wildman–Crippen MR) is 67.5 cm³/mol. The Balaban J connectivity index is 2.00. The zero-order valence-electron chi connectivity index (χ0n) is 9.41. The maximum Gasteiger partial charge on any atom is 0.257 e. The molecule has 2 heterocycles. The Morgan fingerprint density at radius 1 is 1.06 bits per heavy atom. The van der Waals surface area contributed by atoms with E-state index in [1.165, 1.54) is 11.1 Å². The maximum atomic E-state index is 9.84. The minimum Gasteiger partial charge on any atom is -0.491 e. The maximum absolute atomic E-state index is 9.84. The topological polar surface area (TPSA) is 49.9 Å². The highest BCUT2D eigenvalue weighted by Gasteiger charge is 2.11. The van der Waals surface area contributed by atoms with Crippen LogP contribution in [0, 0.1) is 0 Å². The molecule has 2 aliphatic rings. The summed E-state index contributed by atoms with van der Waals surface area (Å²) in [5, 5.41) is 14.7. The zero-order chi connectivity index (χ0) is 12.1. The van der Waals surface area contributed by atoms with Gasteiger partial charge in [-0.05, 0) is 41.5 Å². The third-order valence-corrected chi connectivity index (χ3v) is 3.04. The molecule has 0 aromatic carbocycles. The quantitative estimate of drug-likeness (QED) is 0.550. The molecule has 86 valence electrons. The number of pyridine rings is 1. The van der Waals surface area contributed by atoms with Crippen LogP contribution >= 0.6 is 0 Å². The van der Waals surface area contributed by atoms with Crippen molar-refractivity contribution in [3.63, 3.8) is 0 Å². The van der Waals surface area contributed by atoms with Gasteiger partial charge >= 0.3 is 0 Å². The molecular weight excluding hydrogens is 226 g/mol. The highest BCUT2D eigenvalue weighted by atomic mass is 16.3. The summed E-state index contributed by atoms with van der Waals surface area (Å²) in [5.74, 6) is -0.0462. The van der Waals surface area contributed by atoms with Gasteiger partial charge in [-0.3, -0.25) is 0 Å². The van der Waals surface area contributed by atoms with Gasteiger partial charge in [0.1, 0.15) is 0 Å². The largest absolute Gasteiger partial charge is 0.491 e. The fraction of sp³-hybridized carbons (Fsp3) is 0. The number of aromatic nitrogens is 2. The standard InChI is InChI=1S/C14H9N3O/c18-14-13(12-3-1-2-6-17(12)16-14)15-11-5-4-9-7-10(9)8-11/h1-8H,(H,16,18)/b15-11+. The molecule has 0 aliphatic heterocycles. The molecule has 0 spiro atoms. The van der Waals surface area contributed by atoms with Crippen LogP contribution in [0.25, 0.3) is 16.6 Å². The molecular formula is C14H9N3O. The van der Waals surface area contributed by atoms with E-state index in [1.54, 1.807) is 10.7 Å². The first-order valence-corrected chi connectivity index (χ1v) is 5.68. The van der Waals surface area contributed by atoms with E-state index in [2.05, 4.69) is 16.2 Å². The van der Waals surface area contributed by atoms with Gasteiger partial charge in [-0.25, -0.2) is 9.51 Å². The molecule has 0 unspecified atom stereocenters. The first-order chi connectivity index (χ1) is 8.81. The molecule has 2 aromatic rings. The van der Waals surface area contributed by atoms with Gasteiger partial charge in [-0.1, -0.05) is 12.1 Å². The Morgan fingerprint density at radius 2 is 2.00 bits per heavy atom. The van der Waals surface area contributed by atoms with Crippen LogP contribution in [0.5, 0.6) is 5.88 Å². The van der Waals surface area contributed by atoms with Crippen molar-refractivity contribution in [2.24, 2.45) is 4.99 Å². The van der Waals surface area contributed by atoms with Gasteiger partial charge in [0, 0.05) is 6.20 Å². The van der Waals surface area contributed by atoms with Crippen LogP contribution < -0.4 is 5.36 Å². The van der Waals surface area contributed by atoms with Crippen LogP contribution in [0.4, 0.5) is 5.69 Å². The van der Waals surface area contributed by atoms with E-state index in [-0.39, 0.29) is 5.88 Å². The molecule has 0 saturated carbocycles. The molecule has 4 nitrogen and oxygen atoms in total. The van der Waals surface area contributed by atoms with Crippen LogP contribution in [-0.2, 0) is 0 Å². The average Bonchev–Trinajstić information content (AvgIpc) is 3.08. The van der Waals surface area contributed by atoms with E-state index in [9.17, 15) is 5.11 Å². The summed E-state index contributed by atoms with van der Waals surface area (Å²) < 4.78 is 1.62. The number of benzene rings is 1. The fourth-order valence-electron chi connectivity index (χ4n) is 2.06. The normalized spacial score (nSPS) is 13.0. The van der Waals surface area contributed by atoms with Crippen molar-refractivity contribution >= 4 is 11.2 Å². The van der Waals surface area contributed by atoms with Crippen molar-refractivity contribution in [2.75, 3.05) is 0 Å². The lowest BCUT2D eigenvalue weighted by Crippen LogP contribution is -1.96. The van der Waals surface area contributed by atoms with Gasteiger partial charge in [-0.2, -0.15) is 0 Å². The molecule has 0 radical (unpaired) electrons. The monoisotopic (exact) mass is 235 g/mol. The summed E-state index contributed by atoms with van der Waals surface area (Å²) in [6.45, 7) is 0. The fourth-order valence-corrected chi connectivity index (χ4v) is 2.06.